The van der Waals surface area contributed by atoms with Crippen LogP contribution >= 0.6 is 0 Å². The first-order valence-corrected chi connectivity index (χ1v) is 4.80. The van der Waals surface area contributed by atoms with Crippen molar-refractivity contribution >= 4 is 5.95 Å². The van der Waals surface area contributed by atoms with Gasteiger partial charge in [-0.1, -0.05) is 0 Å². The van der Waals surface area contributed by atoms with E-state index in [0.29, 0.717) is 5.56 Å². The molecule has 0 fully saturated rings. The smallest absolute Gasteiger partial charge is 0.395 e. The predicted molar refractivity (Wildman–Crippen MR) is 53.3 cm³/mol. The van der Waals surface area contributed by atoms with Gasteiger partial charge in [0.2, 0.25) is 5.95 Å². The minimum Gasteiger partial charge on any atom is -0.395 e. The molecule has 0 aliphatic heterocycles. The Morgan fingerprint density at radius 1 is 1.18 bits per heavy atom. The highest BCUT2D eigenvalue weighted by atomic mass is 19.4. The molecule has 0 aliphatic rings. The van der Waals surface area contributed by atoms with Crippen molar-refractivity contribution < 1.29 is 23.4 Å². The number of aliphatic hydroxyl groups is 2. The number of rotatable bonds is 5. The number of hydrogen-bond acceptors (Lipinski definition) is 5. The van der Waals surface area contributed by atoms with E-state index in [1.54, 1.807) is 0 Å². The fraction of sp³-hybridized carbons (Fsp3) is 0.556. The Bertz CT molecular complexity index is 342. The van der Waals surface area contributed by atoms with E-state index in [1.165, 1.54) is 12.4 Å². The van der Waals surface area contributed by atoms with E-state index in [-0.39, 0.29) is 19.1 Å². The zero-order chi connectivity index (χ0) is 12.9. The third-order valence-electron chi connectivity index (χ3n) is 1.90. The summed E-state index contributed by atoms with van der Waals surface area (Å²) in [4.78, 5) is 8.21. The number of halogens is 3. The van der Waals surface area contributed by atoms with Gasteiger partial charge in [0.05, 0.1) is 13.2 Å². The summed E-state index contributed by atoms with van der Waals surface area (Å²) in [6.45, 7) is -2.15. The van der Waals surface area contributed by atoms with Crippen molar-refractivity contribution in [3.8, 4) is 0 Å². The molecular weight excluding hydrogens is 239 g/mol. The van der Waals surface area contributed by atoms with Crippen LogP contribution < -0.4 is 4.90 Å². The highest BCUT2D eigenvalue weighted by molar-refractivity contribution is 5.30. The van der Waals surface area contributed by atoms with Crippen molar-refractivity contribution in [3.05, 3.63) is 18.0 Å². The van der Waals surface area contributed by atoms with Crippen LogP contribution in [0.25, 0.3) is 0 Å². The van der Waals surface area contributed by atoms with E-state index in [9.17, 15) is 13.2 Å². The Morgan fingerprint density at radius 3 is 2.18 bits per heavy atom. The van der Waals surface area contributed by atoms with Gasteiger partial charge < -0.3 is 15.1 Å². The first-order valence-electron chi connectivity index (χ1n) is 4.80. The summed E-state index contributed by atoms with van der Waals surface area (Å²) < 4.78 is 36.7. The molecule has 0 atom stereocenters. The maximum atomic E-state index is 12.2. The van der Waals surface area contributed by atoms with Crippen LogP contribution in [0.2, 0.25) is 0 Å². The number of anilines is 1. The molecule has 0 unspecified atom stereocenters. The van der Waals surface area contributed by atoms with E-state index >= 15 is 0 Å². The second-order valence-electron chi connectivity index (χ2n) is 3.31. The molecule has 2 N–H and O–H groups in total. The van der Waals surface area contributed by atoms with Crippen molar-refractivity contribution in [1.82, 2.24) is 9.97 Å². The van der Waals surface area contributed by atoms with Gasteiger partial charge in [-0.15, -0.1) is 0 Å². The van der Waals surface area contributed by atoms with Crippen LogP contribution in [0.4, 0.5) is 19.1 Å². The van der Waals surface area contributed by atoms with Gasteiger partial charge in [-0.2, -0.15) is 13.2 Å². The average Bonchev–Trinajstić information content (AvgIpc) is 2.27. The molecule has 1 heterocycles. The lowest BCUT2D eigenvalue weighted by molar-refractivity contribution is -0.120. The Labute approximate surface area is 95.5 Å². The lowest BCUT2D eigenvalue weighted by Crippen LogP contribution is -2.37. The van der Waals surface area contributed by atoms with Crippen molar-refractivity contribution in [2.24, 2.45) is 0 Å². The van der Waals surface area contributed by atoms with E-state index in [0.717, 1.165) is 4.90 Å². The van der Waals surface area contributed by atoms with Crippen molar-refractivity contribution in [2.45, 2.75) is 12.8 Å². The second-order valence-corrected chi connectivity index (χ2v) is 3.31. The number of hydrogen-bond donors (Lipinski definition) is 2. The Morgan fingerprint density at radius 2 is 1.76 bits per heavy atom. The standard InChI is InChI=1S/C9H12F3N3O2/c10-9(11,12)6-15(1-2-16)8-13-3-7(5-17)4-14-8/h3-4,16-17H,1-2,5-6H2. The quantitative estimate of drug-likeness (QED) is 0.789. The molecule has 17 heavy (non-hydrogen) atoms. The molecule has 1 aromatic rings. The second kappa shape index (κ2) is 5.78. The molecule has 0 aromatic carbocycles. The van der Waals surface area contributed by atoms with Crippen molar-refractivity contribution in [1.29, 1.82) is 0 Å². The zero-order valence-electron chi connectivity index (χ0n) is 8.85. The fourth-order valence-corrected chi connectivity index (χ4v) is 1.18. The average molecular weight is 251 g/mol. The predicted octanol–water partition coefficient (Wildman–Crippen LogP) is 0.330. The topological polar surface area (TPSA) is 69.5 Å². The third kappa shape index (κ3) is 4.53. The third-order valence-corrected chi connectivity index (χ3v) is 1.90. The van der Waals surface area contributed by atoms with E-state index in [4.69, 9.17) is 10.2 Å². The van der Waals surface area contributed by atoms with Gasteiger partial charge in [-0.25, -0.2) is 9.97 Å². The fourth-order valence-electron chi connectivity index (χ4n) is 1.18. The van der Waals surface area contributed by atoms with Gasteiger partial charge in [0.15, 0.2) is 0 Å². The molecule has 5 nitrogen and oxygen atoms in total. The molecule has 0 amide bonds. The lowest BCUT2D eigenvalue weighted by atomic mass is 10.4. The molecule has 0 saturated heterocycles. The van der Waals surface area contributed by atoms with Gasteiger partial charge in [0.25, 0.3) is 0 Å². The van der Waals surface area contributed by atoms with E-state index < -0.39 is 19.3 Å². The summed E-state index contributed by atoms with van der Waals surface area (Å²) in [6, 6.07) is 0. The number of aromatic nitrogens is 2. The van der Waals surface area contributed by atoms with Gasteiger partial charge in [0, 0.05) is 24.5 Å². The van der Waals surface area contributed by atoms with Crippen LogP contribution in [-0.4, -0.2) is 46.1 Å². The van der Waals surface area contributed by atoms with Gasteiger partial charge in [0.1, 0.15) is 6.54 Å². The zero-order valence-corrected chi connectivity index (χ0v) is 8.85. The summed E-state index contributed by atoms with van der Waals surface area (Å²) in [5, 5.41) is 17.4. The summed E-state index contributed by atoms with van der Waals surface area (Å²) in [5.41, 5.74) is 0.407. The van der Waals surface area contributed by atoms with Crippen LogP contribution in [0.5, 0.6) is 0 Å². The Hall–Kier alpha value is -1.41. The minimum atomic E-state index is -4.39. The van der Waals surface area contributed by atoms with E-state index in [1.807, 2.05) is 0 Å². The Balaban J connectivity index is 2.81. The lowest BCUT2D eigenvalue weighted by Gasteiger charge is -2.22. The normalized spacial score (nSPS) is 11.6. The molecule has 8 heteroatoms. The molecule has 1 aromatic heterocycles. The number of aliphatic hydroxyl groups excluding tert-OH is 2. The van der Waals surface area contributed by atoms with Gasteiger partial charge in [-0.05, 0) is 0 Å². The largest absolute Gasteiger partial charge is 0.406 e. The van der Waals surface area contributed by atoms with Crippen LogP contribution in [-0.2, 0) is 6.61 Å². The van der Waals surface area contributed by atoms with Crippen molar-refractivity contribution in [2.75, 3.05) is 24.6 Å². The number of alkyl halides is 3. The molecule has 0 aliphatic carbocycles. The molecule has 0 radical (unpaired) electrons. The van der Waals surface area contributed by atoms with Crippen LogP contribution in [0.15, 0.2) is 12.4 Å². The Kier molecular flexibility index (Phi) is 4.64. The van der Waals surface area contributed by atoms with Crippen LogP contribution in [0.1, 0.15) is 5.56 Å². The highest BCUT2D eigenvalue weighted by Gasteiger charge is 2.31. The molecule has 0 spiro atoms. The number of nitrogens with zero attached hydrogens (tertiary/aromatic N) is 3. The SMILES string of the molecule is OCCN(CC(F)(F)F)c1ncc(CO)cn1. The first kappa shape index (κ1) is 13.7. The molecule has 96 valence electrons. The van der Waals surface area contributed by atoms with Crippen LogP contribution in [0, 0.1) is 0 Å². The highest BCUT2D eigenvalue weighted by Crippen LogP contribution is 2.19. The maximum absolute atomic E-state index is 12.2. The maximum Gasteiger partial charge on any atom is 0.406 e. The summed E-state index contributed by atoms with van der Waals surface area (Å²) in [7, 11) is 0. The first-order chi connectivity index (χ1) is 7.96. The summed E-state index contributed by atoms with van der Waals surface area (Å²) >= 11 is 0. The van der Waals surface area contributed by atoms with Gasteiger partial charge >= 0.3 is 6.18 Å². The van der Waals surface area contributed by atoms with Crippen LogP contribution in [0.3, 0.4) is 0 Å². The summed E-state index contributed by atoms with van der Waals surface area (Å²) in [5.74, 6) is -0.131. The molecule has 0 saturated carbocycles. The van der Waals surface area contributed by atoms with Crippen molar-refractivity contribution in [3.63, 3.8) is 0 Å². The molecular formula is C9H12F3N3O2. The minimum absolute atomic E-state index is 0.131. The van der Waals surface area contributed by atoms with Gasteiger partial charge in [-0.3, -0.25) is 0 Å². The van der Waals surface area contributed by atoms with E-state index in [2.05, 4.69) is 9.97 Å². The molecule has 0 bridgehead atoms. The monoisotopic (exact) mass is 251 g/mol. The summed E-state index contributed by atoms with van der Waals surface area (Å²) in [6.07, 6.45) is -1.92. The molecule has 1 rings (SSSR count).